The zero-order chi connectivity index (χ0) is 8.69. The first kappa shape index (κ1) is 10.4. The molecular formula is C8H17NO2. The molecular weight excluding hydrogens is 142 g/mol. The lowest BCUT2D eigenvalue weighted by atomic mass is 10.1. The van der Waals surface area contributed by atoms with Gasteiger partial charge in [-0.25, -0.2) is 0 Å². The molecule has 1 amide bonds. The molecule has 0 fully saturated rings. The highest BCUT2D eigenvalue weighted by Gasteiger charge is 2.02. The molecule has 0 aliphatic heterocycles. The third-order valence-corrected chi connectivity index (χ3v) is 1.17. The van der Waals surface area contributed by atoms with Crippen LogP contribution in [-0.4, -0.2) is 19.2 Å². The standard InChI is InChI=1S/C8H17NO2/c1-4-11-6-9-8(10)5-7(2)3/h7H,4-6H2,1-3H3,(H,9,10). The molecule has 3 nitrogen and oxygen atoms in total. The second kappa shape index (κ2) is 6.16. The van der Waals surface area contributed by atoms with E-state index in [4.69, 9.17) is 4.74 Å². The van der Waals surface area contributed by atoms with Crippen molar-refractivity contribution in [2.45, 2.75) is 27.2 Å². The van der Waals surface area contributed by atoms with Crippen molar-refractivity contribution in [1.82, 2.24) is 5.32 Å². The fourth-order valence-electron chi connectivity index (χ4n) is 0.677. The van der Waals surface area contributed by atoms with Crippen LogP contribution in [0.3, 0.4) is 0 Å². The average Bonchev–Trinajstić information content (AvgIpc) is 1.86. The van der Waals surface area contributed by atoms with E-state index in [-0.39, 0.29) is 5.91 Å². The summed E-state index contributed by atoms with van der Waals surface area (Å²) in [4.78, 5) is 10.9. The first-order valence-corrected chi connectivity index (χ1v) is 4.01. The molecule has 0 aromatic rings. The maximum atomic E-state index is 10.9. The fourth-order valence-corrected chi connectivity index (χ4v) is 0.677. The summed E-state index contributed by atoms with van der Waals surface area (Å²) in [6.07, 6.45) is 0.576. The maximum Gasteiger partial charge on any atom is 0.222 e. The number of ether oxygens (including phenoxy) is 1. The van der Waals surface area contributed by atoms with Crippen LogP contribution < -0.4 is 5.32 Å². The number of amides is 1. The van der Waals surface area contributed by atoms with Crippen LogP contribution in [0.25, 0.3) is 0 Å². The maximum absolute atomic E-state index is 10.9. The Balaban J connectivity index is 3.23. The van der Waals surface area contributed by atoms with Crippen LogP contribution in [0.5, 0.6) is 0 Å². The number of rotatable bonds is 5. The Morgan fingerprint density at radius 3 is 2.64 bits per heavy atom. The van der Waals surface area contributed by atoms with Crippen molar-refractivity contribution < 1.29 is 9.53 Å². The molecule has 0 aliphatic carbocycles. The third-order valence-electron chi connectivity index (χ3n) is 1.17. The zero-order valence-electron chi connectivity index (χ0n) is 7.52. The molecule has 0 aromatic heterocycles. The highest BCUT2D eigenvalue weighted by molar-refractivity contribution is 5.75. The van der Waals surface area contributed by atoms with Crippen molar-refractivity contribution >= 4 is 5.91 Å². The fraction of sp³-hybridized carbons (Fsp3) is 0.875. The lowest BCUT2D eigenvalue weighted by molar-refractivity contribution is -0.123. The minimum Gasteiger partial charge on any atom is -0.362 e. The molecule has 0 heterocycles. The van der Waals surface area contributed by atoms with Gasteiger partial charge in [-0.15, -0.1) is 0 Å². The van der Waals surface area contributed by atoms with Crippen LogP contribution in [0.4, 0.5) is 0 Å². The van der Waals surface area contributed by atoms with Crippen LogP contribution in [0, 0.1) is 5.92 Å². The second-order valence-corrected chi connectivity index (χ2v) is 2.84. The monoisotopic (exact) mass is 159 g/mol. The number of carbonyl (C=O) groups excluding carboxylic acids is 1. The van der Waals surface area contributed by atoms with Crippen molar-refractivity contribution in [3.05, 3.63) is 0 Å². The van der Waals surface area contributed by atoms with Gasteiger partial charge in [0.25, 0.3) is 0 Å². The van der Waals surface area contributed by atoms with Crippen molar-refractivity contribution in [3.63, 3.8) is 0 Å². The SMILES string of the molecule is CCOCNC(=O)CC(C)C. The predicted molar refractivity (Wildman–Crippen MR) is 44.1 cm³/mol. The van der Waals surface area contributed by atoms with Crippen LogP contribution in [0.15, 0.2) is 0 Å². The van der Waals surface area contributed by atoms with E-state index in [2.05, 4.69) is 5.32 Å². The first-order valence-electron chi connectivity index (χ1n) is 4.01. The topological polar surface area (TPSA) is 38.3 Å². The van der Waals surface area contributed by atoms with Gasteiger partial charge in [0, 0.05) is 13.0 Å². The molecule has 0 aliphatic rings. The highest BCUT2D eigenvalue weighted by Crippen LogP contribution is 1.97. The molecule has 0 saturated carbocycles. The number of hydrogen-bond donors (Lipinski definition) is 1. The van der Waals surface area contributed by atoms with E-state index < -0.39 is 0 Å². The first-order chi connectivity index (χ1) is 5.16. The molecule has 1 N–H and O–H groups in total. The molecule has 0 atom stereocenters. The Morgan fingerprint density at radius 2 is 2.18 bits per heavy atom. The van der Waals surface area contributed by atoms with E-state index in [1.54, 1.807) is 0 Å². The third kappa shape index (κ3) is 7.33. The molecule has 0 rings (SSSR count). The number of hydrogen-bond acceptors (Lipinski definition) is 2. The second-order valence-electron chi connectivity index (χ2n) is 2.84. The summed E-state index contributed by atoms with van der Waals surface area (Å²) in [5.41, 5.74) is 0. The van der Waals surface area contributed by atoms with E-state index in [0.29, 0.717) is 25.7 Å². The Labute approximate surface area is 68.1 Å². The van der Waals surface area contributed by atoms with Gasteiger partial charge in [-0.3, -0.25) is 4.79 Å². The molecule has 0 spiro atoms. The largest absolute Gasteiger partial charge is 0.362 e. The van der Waals surface area contributed by atoms with Crippen molar-refractivity contribution in [2.24, 2.45) is 5.92 Å². The smallest absolute Gasteiger partial charge is 0.222 e. The summed E-state index contributed by atoms with van der Waals surface area (Å²) >= 11 is 0. The van der Waals surface area contributed by atoms with Gasteiger partial charge in [-0.05, 0) is 12.8 Å². The molecule has 3 heteroatoms. The van der Waals surface area contributed by atoms with Gasteiger partial charge >= 0.3 is 0 Å². The van der Waals surface area contributed by atoms with Gasteiger partial charge in [0.15, 0.2) is 0 Å². The van der Waals surface area contributed by atoms with Crippen molar-refractivity contribution in [2.75, 3.05) is 13.3 Å². The van der Waals surface area contributed by atoms with Crippen molar-refractivity contribution in [3.8, 4) is 0 Å². The summed E-state index contributed by atoms with van der Waals surface area (Å²) in [5, 5.41) is 2.65. The Kier molecular flexibility index (Phi) is 5.84. The lowest BCUT2D eigenvalue weighted by Gasteiger charge is -2.06. The molecule has 0 saturated heterocycles. The summed E-state index contributed by atoms with van der Waals surface area (Å²) in [5.74, 6) is 0.477. The molecule has 0 aromatic carbocycles. The molecule has 0 radical (unpaired) electrons. The predicted octanol–water partition coefficient (Wildman–Crippen LogP) is 1.14. The average molecular weight is 159 g/mol. The zero-order valence-corrected chi connectivity index (χ0v) is 7.52. The number of carbonyl (C=O) groups is 1. The van der Waals surface area contributed by atoms with Gasteiger partial charge < -0.3 is 10.1 Å². The van der Waals surface area contributed by atoms with E-state index in [9.17, 15) is 4.79 Å². The Bertz CT molecular complexity index is 113. The molecule has 0 bridgehead atoms. The van der Waals surface area contributed by atoms with Gasteiger partial charge in [0.1, 0.15) is 6.73 Å². The van der Waals surface area contributed by atoms with E-state index >= 15 is 0 Å². The minimum absolute atomic E-state index is 0.0634. The quantitative estimate of drug-likeness (QED) is 0.482. The van der Waals surface area contributed by atoms with Gasteiger partial charge in [-0.1, -0.05) is 13.8 Å². The summed E-state index contributed by atoms with van der Waals surface area (Å²) in [7, 11) is 0. The minimum atomic E-state index is 0.0634. The van der Waals surface area contributed by atoms with Crippen LogP contribution >= 0.6 is 0 Å². The van der Waals surface area contributed by atoms with Crippen LogP contribution in [0.1, 0.15) is 27.2 Å². The van der Waals surface area contributed by atoms with Crippen molar-refractivity contribution in [1.29, 1.82) is 0 Å². The van der Waals surface area contributed by atoms with E-state index in [0.717, 1.165) is 0 Å². The Morgan fingerprint density at radius 1 is 1.55 bits per heavy atom. The Hall–Kier alpha value is -0.570. The molecule has 66 valence electrons. The molecule has 0 unspecified atom stereocenters. The number of nitrogens with one attached hydrogen (secondary N) is 1. The van der Waals surface area contributed by atoms with Gasteiger partial charge in [0.2, 0.25) is 5.91 Å². The van der Waals surface area contributed by atoms with E-state index in [1.165, 1.54) is 0 Å². The van der Waals surface area contributed by atoms with Gasteiger partial charge in [0.05, 0.1) is 0 Å². The van der Waals surface area contributed by atoms with Crippen LogP contribution in [0.2, 0.25) is 0 Å². The van der Waals surface area contributed by atoms with Crippen LogP contribution in [-0.2, 0) is 9.53 Å². The summed E-state index contributed by atoms with van der Waals surface area (Å²) in [6, 6.07) is 0. The summed E-state index contributed by atoms with van der Waals surface area (Å²) < 4.78 is 4.95. The van der Waals surface area contributed by atoms with Gasteiger partial charge in [-0.2, -0.15) is 0 Å². The highest BCUT2D eigenvalue weighted by atomic mass is 16.5. The van der Waals surface area contributed by atoms with E-state index in [1.807, 2.05) is 20.8 Å². The summed E-state index contributed by atoms with van der Waals surface area (Å²) in [6.45, 7) is 6.90. The molecule has 11 heavy (non-hydrogen) atoms. The normalized spacial score (nSPS) is 10.2. The lowest BCUT2D eigenvalue weighted by Crippen LogP contribution is -2.26.